The number of aliphatic hydroxyl groups is 1. The molecule has 2 aromatic carbocycles. The highest BCUT2D eigenvalue weighted by molar-refractivity contribution is 7.89. The Labute approximate surface area is 176 Å². The smallest absolute Gasteiger partial charge is 0.243 e. The van der Waals surface area contributed by atoms with E-state index in [4.69, 9.17) is 5.73 Å². The SMILES string of the molecule is CC(C)CN(C[C@@H](O)[C@@H](N)Cc1ccccc1)S(=O)(=O)c1ccc2ncsc2c1. The van der Waals surface area contributed by atoms with Crippen LogP contribution >= 0.6 is 11.3 Å². The van der Waals surface area contributed by atoms with E-state index in [1.807, 2.05) is 44.2 Å². The molecule has 0 bridgehead atoms. The Morgan fingerprint density at radius 2 is 1.86 bits per heavy atom. The standard InChI is InChI=1S/C21H27N3O3S2/c1-15(2)12-24(13-20(25)18(22)10-16-6-4-3-5-7-16)29(26,27)17-8-9-19-21(11-17)28-14-23-19/h3-9,11,14-15,18,20,25H,10,12-13,22H2,1-2H3/t18-,20+/m0/s1. The van der Waals surface area contributed by atoms with E-state index in [1.165, 1.54) is 15.6 Å². The van der Waals surface area contributed by atoms with Crippen molar-refractivity contribution in [2.24, 2.45) is 11.7 Å². The van der Waals surface area contributed by atoms with E-state index in [1.54, 1.807) is 23.7 Å². The van der Waals surface area contributed by atoms with E-state index in [2.05, 4.69) is 4.98 Å². The first-order valence-corrected chi connectivity index (χ1v) is 11.9. The van der Waals surface area contributed by atoms with Crippen molar-refractivity contribution in [3.8, 4) is 0 Å². The Balaban J connectivity index is 1.80. The molecule has 29 heavy (non-hydrogen) atoms. The van der Waals surface area contributed by atoms with E-state index >= 15 is 0 Å². The Morgan fingerprint density at radius 3 is 2.55 bits per heavy atom. The summed E-state index contributed by atoms with van der Waals surface area (Å²) in [5.74, 6) is 0.106. The van der Waals surface area contributed by atoms with Gasteiger partial charge in [-0.1, -0.05) is 44.2 Å². The summed E-state index contributed by atoms with van der Waals surface area (Å²) in [5.41, 5.74) is 9.67. The van der Waals surface area contributed by atoms with Crippen molar-refractivity contribution < 1.29 is 13.5 Å². The van der Waals surface area contributed by atoms with Crippen LogP contribution in [0.25, 0.3) is 10.2 Å². The second-order valence-electron chi connectivity index (χ2n) is 7.62. The van der Waals surface area contributed by atoms with Gasteiger partial charge in [0.15, 0.2) is 0 Å². The molecule has 3 rings (SSSR count). The number of nitrogens with zero attached hydrogens (tertiary/aromatic N) is 2. The first-order chi connectivity index (χ1) is 13.8. The predicted molar refractivity (Wildman–Crippen MR) is 117 cm³/mol. The molecule has 0 saturated heterocycles. The van der Waals surface area contributed by atoms with Crippen LogP contribution in [0.1, 0.15) is 19.4 Å². The van der Waals surface area contributed by atoms with Crippen LogP contribution in [0.3, 0.4) is 0 Å². The summed E-state index contributed by atoms with van der Waals surface area (Å²) >= 11 is 1.40. The minimum absolute atomic E-state index is 0.0464. The summed E-state index contributed by atoms with van der Waals surface area (Å²) in [5, 5.41) is 10.7. The van der Waals surface area contributed by atoms with Gasteiger partial charge in [0, 0.05) is 19.1 Å². The fourth-order valence-corrected chi connectivity index (χ4v) is 5.63. The van der Waals surface area contributed by atoms with Gasteiger partial charge in [0.2, 0.25) is 10.0 Å². The van der Waals surface area contributed by atoms with Gasteiger partial charge in [-0.15, -0.1) is 11.3 Å². The molecule has 156 valence electrons. The fourth-order valence-electron chi connectivity index (χ4n) is 3.19. The van der Waals surface area contributed by atoms with Crippen LogP contribution in [-0.2, 0) is 16.4 Å². The minimum atomic E-state index is -3.77. The van der Waals surface area contributed by atoms with Crippen molar-refractivity contribution in [3.05, 3.63) is 59.6 Å². The number of aliphatic hydroxyl groups excluding tert-OH is 1. The highest BCUT2D eigenvalue weighted by atomic mass is 32.2. The largest absolute Gasteiger partial charge is 0.390 e. The molecule has 1 aromatic heterocycles. The van der Waals surface area contributed by atoms with E-state index in [-0.39, 0.29) is 17.4 Å². The molecular formula is C21H27N3O3S2. The maximum Gasteiger partial charge on any atom is 0.243 e. The quantitative estimate of drug-likeness (QED) is 0.541. The van der Waals surface area contributed by atoms with E-state index in [0.29, 0.717) is 13.0 Å². The highest BCUT2D eigenvalue weighted by Gasteiger charge is 2.29. The minimum Gasteiger partial charge on any atom is -0.390 e. The number of fused-ring (bicyclic) bond motifs is 1. The summed E-state index contributed by atoms with van der Waals surface area (Å²) in [4.78, 5) is 4.41. The monoisotopic (exact) mass is 433 g/mol. The Kier molecular flexibility index (Phi) is 7.02. The number of benzene rings is 2. The average molecular weight is 434 g/mol. The molecule has 8 heteroatoms. The lowest BCUT2D eigenvalue weighted by atomic mass is 10.0. The van der Waals surface area contributed by atoms with Gasteiger partial charge in [-0.2, -0.15) is 4.31 Å². The Bertz CT molecular complexity index is 1040. The molecule has 3 aromatic rings. The van der Waals surface area contributed by atoms with Crippen LogP contribution in [0.2, 0.25) is 0 Å². The molecule has 0 unspecified atom stereocenters. The number of thiazole rings is 1. The van der Waals surface area contributed by atoms with Crippen LogP contribution < -0.4 is 5.73 Å². The van der Waals surface area contributed by atoms with Gasteiger partial charge in [0.1, 0.15) is 0 Å². The second-order valence-corrected chi connectivity index (χ2v) is 10.4. The average Bonchev–Trinajstić information content (AvgIpc) is 3.15. The number of aromatic nitrogens is 1. The van der Waals surface area contributed by atoms with Gasteiger partial charge >= 0.3 is 0 Å². The van der Waals surface area contributed by atoms with E-state index in [9.17, 15) is 13.5 Å². The lowest BCUT2D eigenvalue weighted by molar-refractivity contribution is 0.116. The van der Waals surface area contributed by atoms with Crippen LogP contribution in [0.4, 0.5) is 0 Å². The van der Waals surface area contributed by atoms with Crippen molar-refractivity contribution in [2.75, 3.05) is 13.1 Å². The molecular weight excluding hydrogens is 406 g/mol. The van der Waals surface area contributed by atoms with Crippen LogP contribution in [-0.4, -0.2) is 48.0 Å². The molecule has 6 nitrogen and oxygen atoms in total. The normalized spacial score (nSPS) is 14.6. The van der Waals surface area contributed by atoms with Crippen molar-refractivity contribution in [3.63, 3.8) is 0 Å². The maximum atomic E-state index is 13.3. The summed E-state index contributed by atoms with van der Waals surface area (Å²) in [7, 11) is -3.77. The van der Waals surface area contributed by atoms with Gasteiger partial charge in [-0.25, -0.2) is 13.4 Å². The zero-order valence-corrected chi connectivity index (χ0v) is 18.2. The van der Waals surface area contributed by atoms with E-state index < -0.39 is 22.2 Å². The Hall–Kier alpha value is -1.84. The van der Waals surface area contributed by atoms with Gasteiger partial charge in [0.05, 0.1) is 26.7 Å². The lowest BCUT2D eigenvalue weighted by Gasteiger charge is -2.28. The lowest BCUT2D eigenvalue weighted by Crippen LogP contribution is -2.47. The zero-order chi connectivity index (χ0) is 21.0. The molecule has 0 aliphatic rings. The van der Waals surface area contributed by atoms with Crippen molar-refractivity contribution >= 4 is 31.6 Å². The topological polar surface area (TPSA) is 96.5 Å². The molecule has 0 amide bonds. The van der Waals surface area contributed by atoms with E-state index in [0.717, 1.165) is 15.8 Å². The predicted octanol–water partition coefficient (Wildman–Crippen LogP) is 2.87. The molecule has 1 heterocycles. The van der Waals surface area contributed by atoms with Gasteiger partial charge in [-0.3, -0.25) is 0 Å². The third kappa shape index (κ3) is 5.40. The number of sulfonamides is 1. The third-order valence-corrected chi connectivity index (χ3v) is 7.33. The number of hydrogen-bond acceptors (Lipinski definition) is 6. The molecule has 0 aliphatic carbocycles. The molecule has 0 radical (unpaired) electrons. The maximum absolute atomic E-state index is 13.3. The summed E-state index contributed by atoms with van der Waals surface area (Å²) in [6.07, 6.45) is -0.499. The van der Waals surface area contributed by atoms with Crippen molar-refractivity contribution in [1.82, 2.24) is 9.29 Å². The summed E-state index contributed by atoms with van der Waals surface area (Å²) in [6.45, 7) is 4.16. The third-order valence-electron chi connectivity index (χ3n) is 4.71. The molecule has 0 saturated carbocycles. The number of rotatable bonds is 9. The zero-order valence-electron chi connectivity index (χ0n) is 16.6. The summed E-state index contributed by atoms with van der Waals surface area (Å²) < 4.78 is 28.8. The molecule has 0 aliphatic heterocycles. The van der Waals surface area contributed by atoms with Crippen LogP contribution in [0.15, 0.2) is 58.9 Å². The van der Waals surface area contributed by atoms with Crippen molar-refractivity contribution in [2.45, 2.75) is 37.3 Å². The molecule has 0 spiro atoms. The fraction of sp³-hybridized carbons (Fsp3) is 0.381. The summed E-state index contributed by atoms with van der Waals surface area (Å²) in [6, 6.07) is 14.0. The van der Waals surface area contributed by atoms with Crippen molar-refractivity contribution in [1.29, 1.82) is 0 Å². The molecule has 2 atom stereocenters. The first-order valence-electron chi connectivity index (χ1n) is 9.58. The molecule has 0 fully saturated rings. The molecule has 3 N–H and O–H groups in total. The van der Waals surface area contributed by atoms with Gasteiger partial charge in [-0.05, 0) is 36.1 Å². The number of nitrogens with two attached hydrogens (primary N) is 1. The first kappa shape index (κ1) is 21.9. The van der Waals surface area contributed by atoms with Crippen LogP contribution in [0.5, 0.6) is 0 Å². The number of hydrogen-bond donors (Lipinski definition) is 2. The second kappa shape index (κ2) is 9.32. The van der Waals surface area contributed by atoms with Gasteiger partial charge < -0.3 is 10.8 Å². The Morgan fingerprint density at radius 1 is 1.14 bits per heavy atom. The highest BCUT2D eigenvalue weighted by Crippen LogP contribution is 2.25. The van der Waals surface area contributed by atoms with Crippen LogP contribution in [0, 0.1) is 5.92 Å². The van der Waals surface area contributed by atoms with Gasteiger partial charge in [0.25, 0.3) is 0 Å².